The highest BCUT2D eigenvalue weighted by molar-refractivity contribution is 7.88. The first-order valence-electron chi connectivity index (χ1n) is 13.8. The van der Waals surface area contributed by atoms with Crippen molar-refractivity contribution in [2.45, 2.75) is 31.5 Å². The van der Waals surface area contributed by atoms with E-state index in [0.29, 0.717) is 36.6 Å². The van der Waals surface area contributed by atoms with Gasteiger partial charge >= 0.3 is 6.18 Å². The summed E-state index contributed by atoms with van der Waals surface area (Å²) >= 11 is 6.78. The molecular formula is C27H34ClF3N8O2S. The largest absolute Gasteiger partial charge is 0.420 e. The molecule has 2 saturated heterocycles. The van der Waals surface area contributed by atoms with Crippen LogP contribution in [0.2, 0.25) is 5.02 Å². The number of halogens is 4. The van der Waals surface area contributed by atoms with Crippen molar-refractivity contribution in [3.05, 3.63) is 53.1 Å². The van der Waals surface area contributed by atoms with Crippen LogP contribution in [0, 0.1) is 0 Å². The number of imidazole rings is 1. The minimum absolute atomic E-state index is 0.0225. The fourth-order valence-electron chi connectivity index (χ4n) is 5.25. The molecule has 0 spiro atoms. The quantitative estimate of drug-likeness (QED) is 0.405. The van der Waals surface area contributed by atoms with E-state index in [9.17, 15) is 21.6 Å². The molecule has 3 aromatic rings. The second kappa shape index (κ2) is 12.4. The zero-order valence-corrected chi connectivity index (χ0v) is 25.1. The number of hydrogen-bond acceptors (Lipinski definition) is 8. The Morgan fingerprint density at radius 2 is 1.79 bits per heavy atom. The van der Waals surface area contributed by atoms with Crippen LogP contribution in [0.1, 0.15) is 24.0 Å². The average Bonchev–Trinajstić information content (AvgIpc) is 3.43. The maximum Gasteiger partial charge on any atom is 0.420 e. The van der Waals surface area contributed by atoms with E-state index in [1.165, 1.54) is 16.8 Å². The summed E-state index contributed by atoms with van der Waals surface area (Å²) in [6, 6.07) is 5.46. The van der Waals surface area contributed by atoms with Crippen LogP contribution in [0.3, 0.4) is 0 Å². The van der Waals surface area contributed by atoms with Crippen LogP contribution < -0.4 is 5.32 Å². The average molecular weight is 627 g/mol. The summed E-state index contributed by atoms with van der Waals surface area (Å²) in [5, 5.41) is 3.59. The minimum atomic E-state index is -4.70. The van der Waals surface area contributed by atoms with Crippen molar-refractivity contribution in [2.75, 3.05) is 64.4 Å². The molecule has 1 aromatic carbocycles. The predicted molar refractivity (Wildman–Crippen MR) is 155 cm³/mol. The first-order chi connectivity index (χ1) is 19.9. The van der Waals surface area contributed by atoms with E-state index in [-0.39, 0.29) is 23.4 Å². The molecule has 5 rings (SSSR count). The molecule has 1 N–H and O–H groups in total. The number of piperidine rings is 1. The normalized spacial score (nSPS) is 18.4. The second-order valence-corrected chi connectivity index (χ2v) is 13.2. The molecule has 2 aliphatic heterocycles. The van der Waals surface area contributed by atoms with Crippen LogP contribution in [0.5, 0.6) is 0 Å². The Hall–Kier alpha value is -2.78. The smallest absolute Gasteiger partial charge is 0.351 e. The lowest BCUT2D eigenvalue weighted by molar-refractivity contribution is -0.137. The van der Waals surface area contributed by atoms with Gasteiger partial charge < -0.3 is 19.7 Å². The highest BCUT2D eigenvalue weighted by Crippen LogP contribution is 2.36. The summed E-state index contributed by atoms with van der Waals surface area (Å²) in [5.41, 5.74) is 0.241. The standard InChI is InChI=1S/C27H34ClF3N8O2S/c1-36-12-14-37(15-13-36)9-6-19-4-3-5-23(24(19)28)38-17-22(33-18-38)25-21(27(29,30)31)16-32-26(35-25)34-20-7-10-39(11-8-20)42(2,40)41/h3-5,16-18,20H,6-15H2,1-2H3,(H,32,34,35). The van der Waals surface area contributed by atoms with Gasteiger partial charge in [-0.2, -0.15) is 13.2 Å². The van der Waals surface area contributed by atoms with Crippen molar-refractivity contribution in [1.82, 2.24) is 33.6 Å². The molecule has 228 valence electrons. The zero-order chi connectivity index (χ0) is 30.1. The van der Waals surface area contributed by atoms with E-state index in [4.69, 9.17) is 11.6 Å². The minimum Gasteiger partial charge on any atom is -0.351 e. The lowest BCUT2D eigenvalue weighted by atomic mass is 10.1. The lowest BCUT2D eigenvalue weighted by Gasteiger charge is -2.32. The maximum absolute atomic E-state index is 14.0. The molecule has 4 heterocycles. The third-order valence-corrected chi connectivity index (χ3v) is 9.54. The van der Waals surface area contributed by atoms with Crippen LogP contribution in [-0.2, 0) is 22.6 Å². The Kier molecular flexibility index (Phi) is 9.09. The van der Waals surface area contributed by atoms with Gasteiger partial charge in [-0.25, -0.2) is 27.7 Å². The number of nitrogens with one attached hydrogen (secondary N) is 1. The first kappa shape index (κ1) is 30.7. The summed E-state index contributed by atoms with van der Waals surface area (Å²) in [6.45, 7) is 5.52. The monoisotopic (exact) mass is 626 g/mol. The highest BCUT2D eigenvalue weighted by Gasteiger charge is 2.36. The summed E-state index contributed by atoms with van der Waals surface area (Å²) in [4.78, 5) is 17.1. The van der Waals surface area contributed by atoms with E-state index >= 15 is 0 Å². The lowest BCUT2D eigenvalue weighted by Crippen LogP contribution is -2.45. The van der Waals surface area contributed by atoms with Gasteiger partial charge in [-0.1, -0.05) is 23.7 Å². The topological polar surface area (TPSA) is 99.5 Å². The van der Waals surface area contributed by atoms with Crippen molar-refractivity contribution >= 4 is 27.6 Å². The molecule has 10 nitrogen and oxygen atoms in total. The summed E-state index contributed by atoms with van der Waals surface area (Å²) in [6.07, 6.45) is 1.83. The molecule has 2 aliphatic rings. The van der Waals surface area contributed by atoms with Crippen LogP contribution in [0.15, 0.2) is 36.9 Å². The highest BCUT2D eigenvalue weighted by atomic mass is 35.5. The number of piperazine rings is 1. The van der Waals surface area contributed by atoms with Crippen LogP contribution in [-0.4, -0.2) is 107 Å². The number of likely N-dealkylation sites (N-methyl/N-ethyl adjacent to an activating group) is 1. The Morgan fingerprint density at radius 3 is 2.45 bits per heavy atom. The number of rotatable bonds is 8. The summed E-state index contributed by atoms with van der Waals surface area (Å²) < 4.78 is 68.4. The van der Waals surface area contributed by atoms with Crippen molar-refractivity contribution in [3.63, 3.8) is 0 Å². The molecule has 0 radical (unpaired) electrons. The molecule has 0 atom stereocenters. The molecule has 0 unspecified atom stereocenters. The number of sulfonamides is 1. The fraction of sp³-hybridized carbons (Fsp3) is 0.519. The molecule has 0 saturated carbocycles. The van der Waals surface area contributed by atoms with Gasteiger partial charge in [-0.3, -0.25) is 0 Å². The van der Waals surface area contributed by atoms with Gasteiger partial charge in [-0.15, -0.1) is 0 Å². The Labute approximate surface area is 248 Å². The fourth-order valence-corrected chi connectivity index (χ4v) is 6.45. The predicted octanol–water partition coefficient (Wildman–Crippen LogP) is 3.63. The van der Waals surface area contributed by atoms with Gasteiger partial charge in [0.1, 0.15) is 23.3 Å². The summed E-state index contributed by atoms with van der Waals surface area (Å²) in [5.74, 6) is 0.0225. The van der Waals surface area contributed by atoms with Gasteiger partial charge in [-0.05, 0) is 37.9 Å². The SMILES string of the molecule is CN1CCN(CCc2cccc(-n3cnc(-c4nc(NC5CCN(S(C)(=O)=O)CC5)ncc4C(F)(F)F)c3)c2Cl)CC1. The van der Waals surface area contributed by atoms with Crippen molar-refractivity contribution in [3.8, 4) is 17.1 Å². The van der Waals surface area contributed by atoms with Crippen LogP contribution >= 0.6 is 11.6 Å². The number of alkyl halides is 3. The number of nitrogens with zero attached hydrogens (tertiary/aromatic N) is 7. The number of hydrogen-bond donors (Lipinski definition) is 1. The van der Waals surface area contributed by atoms with E-state index < -0.39 is 21.8 Å². The van der Waals surface area contributed by atoms with E-state index in [1.54, 1.807) is 10.6 Å². The van der Waals surface area contributed by atoms with Gasteiger partial charge in [0.05, 0.1) is 17.0 Å². The van der Waals surface area contributed by atoms with Gasteiger partial charge in [0, 0.05) is 64.2 Å². The van der Waals surface area contributed by atoms with Crippen molar-refractivity contribution < 1.29 is 21.6 Å². The van der Waals surface area contributed by atoms with Crippen LogP contribution in [0.25, 0.3) is 17.1 Å². The Balaban J connectivity index is 1.35. The number of benzene rings is 1. The molecule has 15 heteroatoms. The second-order valence-electron chi connectivity index (χ2n) is 10.8. The van der Waals surface area contributed by atoms with E-state index in [0.717, 1.165) is 57.2 Å². The van der Waals surface area contributed by atoms with Crippen molar-refractivity contribution in [1.29, 1.82) is 0 Å². The third-order valence-electron chi connectivity index (χ3n) is 7.81. The van der Waals surface area contributed by atoms with Gasteiger partial charge in [0.15, 0.2) is 0 Å². The number of anilines is 1. The molecule has 0 aliphatic carbocycles. The maximum atomic E-state index is 14.0. The van der Waals surface area contributed by atoms with Crippen molar-refractivity contribution in [2.24, 2.45) is 0 Å². The molecule has 42 heavy (non-hydrogen) atoms. The third kappa shape index (κ3) is 7.22. The van der Waals surface area contributed by atoms with E-state index in [1.807, 2.05) is 12.1 Å². The van der Waals surface area contributed by atoms with Crippen LogP contribution in [0.4, 0.5) is 19.1 Å². The Morgan fingerprint density at radius 1 is 1.07 bits per heavy atom. The zero-order valence-electron chi connectivity index (χ0n) is 23.5. The first-order valence-corrected chi connectivity index (χ1v) is 16.0. The molecule has 0 amide bonds. The summed E-state index contributed by atoms with van der Waals surface area (Å²) in [7, 11) is -1.19. The molecule has 2 aromatic heterocycles. The molecular weight excluding hydrogens is 593 g/mol. The van der Waals surface area contributed by atoms with E-state index in [2.05, 4.69) is 37.1 Å². The number of aromatic nitrogens is 4. The Bertz CT molecular complexity index is 1500. The molecule has 2 fully saturated rings. The van der Waals surface area contributed by atoms with Gasteiger partial charge in [0.25, 0.3) is 0 Å². The molecule has 0 bridgehead atoms. The van der Waals surface area contributed by atoms with Gasteiger partial charge in [0.2, 0.25) is 16.0 Å².